The Kier molecular flexibility index (Phi) is 9.92. The first-order valence-electron chi connectivity index (χ1n) is 14.9. The zero-order chi connectivity index (χ0) is 31.4. The molecule has 44 heavy (non-hydrogen) atoms. The maximum absolute atomic E-state index is 14.8. The highest BCUT2D eigenvalue weighted by molar-refractivity contribution is 9.09. The minimum absolute atomic E-state index is 0.170. The number of aliphatic hydroxyl groups excluding tert-OH is 1. The van der Waals surface area contributed by atoms with Gasteiger partial charge in [-0.25, -0.2) is 0 Å². The molecule has 3 aliphatic rings. The highest BCUT2D eigenvalue weighted by atomic mass is 79.9. The first-order valence-corrected chi connectivity index (χ1v) is 15.9. The van der Waals surface area contributed by atoms with E-state index in [4.69, 9.17) is 14.2 Å². The molecule has 9 nitrogen and oxygen atoms in total. The van der Waals surface area contributed by atoms with E-state index in [1.807, 2.05) is 30.3 Å². The highest BCUT2D eigenvalue weighted by Crippen LogP contribution is 2.61. The van der Waals surface area contributed by atoms with E-state index < -0.39 is 41.6 Å². The molecule has 0 saturated carbocycles. The summed E-state index contributed by atoms with van der Waals surface area (Å²) in [6.07, 6.45) is 4.71. The quantitative estimate of drug-likeness (QED) is 0.140. The van der Waals surface area contributed by atoms with Gasteiger partial charge in [0, 0.05) is 17.1 Å². The van der Waals surface area contributed by atoms with Gasteiger partial charge in [-0.15, -0.1) is 13.2 Å². The van der Waals surface area contributed by atoms with E-state index in [2.05, 4.69) is 29.1 Å². The number of hydrogen-bond acceptors (Lipinski definition) is 7. The number of methoxy groups -OCH3 is 1. The van der Waals surface area contributed by atoms with Crippen molar-refractivity contribution in [3.05, 3.63) is 85.5 Å². The molecule has 0 aliphatic carbocycles. The molecular formula is C34H39BrN2O7. The number of aliphatic hydroxyl groups is 1. The number of anilines is 1. The molecule has 2 bridgehead atoms. The molecule has 7 atom stereocenters. The van der Waals surface area contributed by atoms with Crippen LogP contribution in [0.4, 0.5) is 5.69 Å². The van der Waals surface area contributed by atoms with Crippen molar-refractivity contribution in [1.29, 1.82) is 0 Å². The van der Waals surface area contributed by atoms with E-state index in [1.54, 1.807) is 48.4 Å². The molecule has 10 heteroatoms. The Bertz CT molecular complexity index is 1370. The van der Waals surface area contributed by atoms with Crippen LogP contribution in [0.2, 0.25) is 0 Å². The fourth-order valence-electron chi connectivity index (χ4n) is 7.00. The van der Waals surface area contributed by atoms with E-state index >= 15 is 0 Å². The molecule has 0 aromatic heterocycles. The molecule has 1 N–H and O–H groups in total. The Morgan fingerprint density at radius 1 is 1.18 bits per heavy atom. The summed E-state index contributed by atoms with van der Waals surface area (Å²) in [5.41, 5.74) is 0.195. The molecule has 2 amide bonds. The second kappa shape index (κ2) is 13.7. The monoisotopic (exact) mass is 666 g/mol. The average Bonchev–Trinajstić information content (AvgIpc) is 3.64. The van der Waals surface area contributed by atoms with E-state index in [-0.39, 0.29) is 36.4 Å². The summed E-state index contributed by atoms with van der Waals surface area (Å²) in [7, 11) is 1.57. The SMILES string of the molecule is C=CCCCOC(=O)[C@H]1[C@@H]2OC3(CC2Br)C(C(=O)N(CC=C)c2ccc(OC)cc2)N([C@@H](CO)Cc2ccccc2)C(=O)[C@H]13. The standard InChI is InChI=1S/C34H39BrN2O7/c1-4-6-10-18-43-33(41)27-28-31(39)37(24(21-38)19-22-11-8-7-9-12-22)30(34(28)20-26(35)29(27)44-34)32(40)36(17-5-2)23-13-15-25(42-3)16-14-23/h4-5,7-9,11-16,24,26-30,38H,1-2,6,10,17-21H2,3H3/t24-,26?,27-,28+,29-,30?,34?/m1/s1. The lowest BCUT2D eigenvalue weighted by Gasteiger charge is -2.39. The normalized spacial score (nSPS) is 27.5. The van der Waals surface area contributed by atoms with Crippen molar-refractivity contribution in [2.75, 3.05) is 31.8 Å². The number of nitrogens with zero attached hydrogens (tertiary/aromatic N) is 2. The fourth-order valence-corrected chi connectivity index (χ4v) is 7.95. The smallest absolute Gasteiger partial charge is 0.312 e. The van der Waals surface area contributed by atoms with Crippen molar-refractivity contribution >= 4 is 39.4 Å². The summed E-state index contributed by atoms with van der Waals surface area (Å²) >= 11 is 3.70. The van der Waals surface area contributed by atoms with Crippen molar-refractivity contribution < 1.29 is 33.7 Å². The molecular weight excluding hydrogens is 628 g/mol. The molecule has 3 heterocycles. The van der Waals surface area contributed by atoms with Crippen molar-refractivity contribution in [3.63, 3.8) is 0 Å². The molecule has 3 saturated heterocycles. The van der Waals surface area contributed by atoms with Crippen molar-refractivity contribution in [3.8, 4) is 5.75 Å². The minimum atomic E-state index is -1.30. The molecule has 2 aromatic carbocycles. The lowest BCUT2D eigenvalue weighted by Crippen LogP contribution is -2.59. The molecule has 3 aliphatic heterocycles. The van der Waals surface area contributed by atoms with Crippen LogP contribution in [0.3, 0.4) is 0 Å². The fraction of sp³-hybridized carbons (Fsp3) is 0.441. The van der Waals surface area contributed by atoms with E-state index in [0.29, 0.717) is 37.1 Å². The van der Waals surface area contributed by atoms with Crippen molar-refractivity contribution in [2.24, 2.45) is 11.8 Å². The minimum Gasteiger partial charge on any atom is -0.497 e. The Morgan fingerprint density at radius 2 is 1.91 bits per heavy atom. The van der Waals surface area contributed by atoms with Gasteiger partial charge in [-0.2, -0.15) is 0 Å². The van der Waals surface area contributed by atoms with Gasteiger partial charge in [0.15, 0.2) is 0 Å². The zero-order valence-electron chi connectivity index (χ0n) is 24.8. The van der Waals surface area contributed by atoms with Gasteiger partial charge < -0.3 is 29.1 Å². The number of allylic oxidation sites excluding steroid dienone is 1. The van der Waals surface area contributed by atoms with E-state index in [9.17, 15) is 19.5 Å². The van der Waals surface area contributed by atoms with Crippen LogP contribution in [0.1, 0.15) is 24.8 Å². The number of fused-ring (bicyclic) bond motifs is 1. The molecule has 3 fully saturated rings. The number of unbranched alkanes of at least 4 members (excludes halogenated alkanes) is 1. The molecule has 2 aromatic rings. The number of rotatable bonds is 14. The maximum atomic E-state index is 14.8. The maximum Gasteiger partial charge on any atom is 0.312 e. The van der Waals surface area contributed by atoms with Crippen LogP contribution in [-0.2, 0) is 30.3 Å². The number of carbonyl (C=O) groups is 3. The van der Waals surface area contributed by atoms with Crippen molar-refractivity contribution in [2.45, 2.75) is 54.3 Å². The Balaban J connectivity index is 1.57. The molecule has 3 unspecified atom stereocenters. The number of halogens is 1. The van der Waals surface area contributed by atoms with E-state index in [0.717, 1.165) is 5.56 Å². The van der Waals surface area contributed by atoms with Crippen LogP contribution in [0.25, 0.3) is 0 Å². The van der Waals surface area contributed by atoms with E-state index in [1.165, 1.54) is 4.90 Å². The summed E-state index contributed by atoms with van der Waals surface area (Å²) in [6.45, 7) is 7.56. The summed E-state index contributed by atoms with van der Waals surface area (Å²) in [6, 6.07) is 14.7. The summed E-state index contributed by atoms with van der Waals surface area (Å²) in [4.78, 5) is 45.7. The number of amides is 2. The van der Waals surface area contributed by atoms with Crippen LogP contribution in [0.15, 0.2) is 79.9 Å². The molecule has 234 valence electrons. The average molecular weight is 668 g/mol. The zero-order valence-corrected chi connectivity index (χ0v) is 26.4. The third-order valence-electron chi connectivity index (χ3n) is 8.91. The van der Waals surface area contributed by atoms with Crippen LogP contribution in [-0.4, -0.2) is 83.3 Å². The number of ether oxygens (including phenoxy) is 3. The molecule has 5 rings (SSSR count). The predicted octanol–water partition coefficient (Wildman–Crippen LogP) is 4.08. The number of esters is 1. The number of benzene rings is 2. The Hall–Kier alpha value is -3.47. The third kappa shape index (κ3) is 5.71. The van der Waals surface area contributed by atoms with Gasteiger partial charge >= 0.3 is 5.97 Å². The van der Waals surface area contributed by atoms with Gasteiger partial charge in [0.25, 0.3) is 5.91 Å². The number of carbonyl (C=O) groups excluding carboxylic acids is 3. The van der Waals surface area contributed by atoms with Gasteiger partial charge in [0.1, 0.15) is 17.4 Å². The first kappa shape index (κ1) is 31.9. The summed E-state index contributed by atoms with van der Waals surface area (Å²) in [5.74, 6) is -2.48. The third-order valence-corrected chi connectivity index (χ3v) is 9.75. The van der Waals surface area contributed by atoms with Gasteiger partial charge in [-0.1, -0.05) is 58.4 Å². The Labute approximate surface area is 266 Å². The van der Waals surface area contributed by atoms with Crippen molar-refractivity contribution in [1.82, 2.24) is 4.90 Å². The van der Waals surface area contributed by atoms with Crippen LogP contribution < -0.4 is 9.64 Å². The van der Waals surface area contributed by atoms with Gasteiger partial charge in [0.05, 0.1) is 44.3 Å². The molecule has 1 spiro atoms. The highest BCUT2D eigenvalue weighted by Gasteiger charge is 2.77. The van der Waals surface area contributed by atoms with Crippen LogP contribution >= 0.6 is 15.9 Å². The summed E-state index contributed by atoms with van der Waals surface area (Å²) < 4.78 is 17.6. The first-order chi connectivity index (χ1) is 21.3. The second-order valence-electron chi connectivity index (χ2n) is 11.5. The number of hydrogen-bond donors (Lipinski definition) is 1. The van der Waals surface area contributed by atoms with Gasteiger partial charge in [0.2, 0.25) is 5.91 Å². The predicted molar refractivity (Wildman–Crippen MR) is 170 cm³/mol. The van der Waals surface area contributed by atoms with Crippen LogP contribution in [0.5, 0.6) is 5.75 Å². The molecule has 0 radical (unpaired) electrons. The van der Waals surface area contributed by atoms with Gasteiger partial charge in [-0.05, 0) is 55.5 Å². The lowest BCUT2D eigenvalue weighted by molar-refractivity contribution is -0.155. The van der Waals surface area contributed by atoms with Crippen LogP contribution in [0, 0.1) is 11.8 Å². The largest absolute Gasteiger partial charge is 0.497 e. The number of likely N-dealkylation sites (tertiary alicyclic amines) is 1. The number of alkyl halides is 1. The lowest BCUT2D eigenvalue weighted by atomic mass is 9.70. The van der Waals surface area contributed by atoms with Gasteiger partial charge in [-0.3, -0.25) is 14.4 Å². The second-order valence-corrected chi connectivity index (χ2v) is 12.6. The Morgan fingerprint density at radius 3 is 2.55 bits per heavy atom. The summed E-state index contributed by atoms with van der Waals surface area (Å²) in [5, 5.41) is 10.7. The topological polar surface area (TPSA) is 106 Å².